The van der Waals surface area contributed by atoms with E-state index in [2.05, 4.69) is 18.7 Å². The van der Waals surface area contributed by atoms with Gasteiger partial charge in [-0.15, -0.1) is 0 Å². The van der Waals surface area contributed by atoms with Crippen LogP contribution in [-0.4, -0.2) is 0 Å². The van der Waals surface area contributed by atoms with Crippen LogP contribution in [0.15, 0.2) is 24.8 Å². The van der Waals surface area contributed by atoms with Crippen molar-refractivity contribution in [1.29, 1.82) is 0 Å². The number of rotatable bonds is 2. The molecule has 0 heteroatoms. The molecule has 10 heavy (non-hydrogen) atoms. The first-order valence-electron chi connectivity index (χ1n) is 4.22. The first-order chi connectivity index (χ1) is 4.93. The Labute approximate surface area is 63.6 Å². The van der Waals surface area contributed by atoms with Crippen molar-refractivity contribution in [3.05, 3.63) is 24.8 Å². The van der Waals surface area contributed by atoms with Gasteiger partial charge in [-0.3, -0.25) is 0 Å². The van der Waals surface area contributed by atoms with Gasteiger partial charge in [-0.2, -0.15) is 0 Å². The van der Waals surface area contributed by atoms with Gasteiger partial charge in [0.15, 0.2) is 0 Å². The summed E-state index contributed by atoms with van der Waals surface area (Å²) in [6.45, 7) is 3.66. The Morgan fingerprint density at radius 1 is 1.10 bits per heavy atom. The van der Waals surface area contributed by atoms with E-state index in [1.165, 1.54) is 32.1 Å². The molecule has 0 radical (unpaired) electrons. The standard InChI is InChI=1S/C10H16/c1-2-3-7-10-8-5-4-6-9-10/h2-3,7,10H,1,4-6,8-9H2. The summed E-state index contributed by atoms with van der Waals surface area (Å²) in [5.41, 5.74) is 0. The number of hydrogen-bond donors (Lipinski definition) is 0. The van der Waals surface area contributed by atoms with E-state index in [0.29, 0.717) is 0 Å². The lowest BCUT2D eigenvalue weighted by Gasteiger charge is -2.17. The van der Waals surface area contributed by atoms with Gasteiger partial charge in [-0.05, 0) is 18.8 Å². The van der Waals surface area contributed by atoms with Gasteiger partial charge in [-0.25, -0.2) is 0 Å². The molecule has 0 aromatic heterocycles. The van der Waals surface area contributed by atoms with Gasteiger partial charge in [0.05, 0.1) is 0 Å². The van der Waals surface area contributed by atoms with Gasteiger partial charge in [0.25, 0.3) is 0 Å². The molecule has 1 saturated carbocycles. The molecule has 0 aliphatic heterocycles. The van der Waals surface area contributed by atoms with Crippen molar-refractivity contribution in [2.75, 3.05) is 0 Å². The van der Waals surface area contributed by atoms with Crippen molar-refractivity contribution in [2.45, 2.75) is 32.1 Å². The molecule has 1 aliphatic rings. The number of allylic oxidation sites excluding steroid dienone is 3. The van der Waals surface area contributed by atoms with E-state index in [0.717, 1.165) is 5.92 Å². The van der Waals surface area contributed by atoms with Crippen LogP contribution < -0.4 is 0 Å². The molecule has 0 bridgehead atoms. The normalized spacial score (nSPS) is 21.6. The van der Waals surface area contributed by atoms with E-state index < -0.39 is 0 Å². The van der Waals surface area contributed by atoms with Gasteiger partial charge in [0, 0.05) is 0 Å². The fourth-order valence-corrected chi connectivity index (χ4v) is 1.56. The predicted octanol–water partition coefficient (Wildman–Crippen LogP) is 3.31. The van der Waals surface area contributed by atoms with Crippen LogP contribution in [0.2, 0.25) is 0 Å². The Morgan fingerprint density at radius 2 is 1.80 bits per heavy atom. The molecule has 0 aromatic rings. The molecule has 56 valence electrons. The zero-order valence-corrected chi connectivity index (χ0v) is 6.55. The van der Waals surface area contributed by atoms with Gasteiger partial charge in [0.1, 0.15) is 0 Å². The monoisotopic (exact) mass is 136 g/mol. The van der Waals surface area contributed by atoms with Crippen LogP contribution in [-0.2, 0) is 0 Å². The van der Waals surface area contributed by atoms with Crippen molar-refractivity contribution >= 4 is 0 Å². The third kappa shape index (κ3) is 2.38. The first-order valence-corrected chi connectivity index (χ1v) is 4.22. The molecular weight excluding hydrogens is 120 g/mol. The minimum absolute atomic E-state index is 0.853. The van der Waals surface area contributed by atoms with Crippen molar-refractivity contribution in [3.8, 4) is 0 Å². The average molecular weight is 136 g/mol. The molecule has 0 spiro atoms. The largest absolute Gasteiger partial charge is 0.0991 e. The quantitative estimate of drug-likeness (QED) is 0.511. The number of hydrogen-bond acceptors (Lipinski definition) is 0. The summed E-state index contributed by atoms with van der Waals surface area (Å²) >= 11 is 0. The van der Waals surface area contributed by atoms with Crippen molar-refractivity contribution in [3.63, 3.8) is 0 Å². The van der Waals surface area contributed by atoms with E-state index in [-0.39, 0.29) is 0 Å². The van der Waals surface area contributed by atoms with Gasteiger partial charge < -0.3 is 0 Å². The highest BCUT2D eigenvalue weighted by molar-refractivity contribution is 5.00. The molecule has 0 amide bonds. The third-order valence-electron chi connectivity index (χ3n) is 2.17. The zero-order valence-electron chi connectivity index (χ0n) is 6.55. The van der Waals surface area contributed by atoms with E-state index >= 15 is 0 Å². The summed E-state index contributed by atoms with van der Waals surface area (Å²) in [6, 6.07) is 0. The maximum atomic E-state index is 3.66. The summed E-state index contributed by atoms with van der Waals surface area (Å²) in [7, 11) is 0. The zero-order chi connectivity index (χ0) is 7.23. The summed E-state index contributed by atoms with van der Waals surface area (Å²) in [5, 5.41) is 0. The molecule has 0 unspecified atom stereocenters. The fourth-order valence-electron chi connectivity index (χ4n) is 1.56. The minimum atomic E-state index is 0.853. The van der Waals surface area contributed by atoms with E-state index in [1.54, 1.807) is 0 Å². The van der Waals surface area contributed by atoms with Crippen LogP contribution in [0.5, 0.6) is 0 Å². The predicted molar refractivity (Wildman–Crippen MR) is 45.9 cm³/mol. The van der Waals surface area contributed by atoms with E-state index in [4.69, 9.17) is 0 Å². The lowest BCUT2D eigenvalue weighted by Crippen LogP contribution is -2.02. The molecular formula is C10H16. The van der Waals surface area contributed by atoms with Crippen LogP contribution in [0.25, 0.3) is 0 Å². The van der Waals surface area contributed by atoms with Gasteiger partial charge in [0.2, 0.25) is 0 Å². The summed E-state index contributed by atoms with van der Waals surface area (Å²) in [5.74, 6) is 0.853. The smallest absolute Gasteiger partial charge is 0.0230 e. The Balaban J connectivity index is 2.25. The Bertz CT molecular complexity index is 116. The second kappa shape index (κ2) is 4.32. The van der Waals surface area contributed by atoms with Crippen molar-refractivity contribution in [1.82, 2.24) is 0 Å². The Kier molecular flexibility index (Phi) is 3.28. The lowest BCUT2D eigenvalue weighted by atomic mass is 9.89. The lowest BCUT2D eigenvalue weighted by molar-refractivity contribution is 0.419. The maximum Gasteiger partial charge on any atom is -0.0230 e. The molecule has 0 atom stereocenters. The topological polar surface area (TPSA) is 0 Å². The second-order valence-corrected chi connectivity index (χ2v) is 3.02. The summed E-state index contributed by atoms with van der Waals surface area (Å²) in [6.07, 6.45) is 13.3. The SMILES string of the molecule is C=CC=CC1CCCCC1. The van der Waals surface area contributed by atoms with Crippen LogP contribution in [0.1, 0.15) is 32.1 Å². The van der Waals surface area contributed by atoms with Crippen LogP contribution in [0.3, 0.4) is 0 Å². The molecule has 1 fully saturated rings. The van der Waals surface area contributed by atoms with Gasteiger partial charge >= 0.3 is 0 Å². The molecule has 0 nitrogen and oxygen atoms in total. The van der Waals surface area contributed by atoms with E-state index in [1.807, 2.05) is 6.08 Å². The van der Waals surface area contributed by atoms with Crippen LogP contribution in [0.4, 0.5) is 0 Å². The first kappa shape index (κ1) is 7.59. The maximum absolute atomic E-state index is 3.66. The third-order valence-corrected chi connectivity index (χ3v) is 2.17. The highest BCUT2D eigenvalue weighted by Crippen LogP contribution is 2.24. The second-order valence-electron chi connectivity index (χ2n) is 3.02. The fraction of sp³-hybridized carbons (Fsp3) is 0.600. The van der Waals surface area contributed by atoms with Gasteiger partial charge in [-0.1, -0.05) is 44.1 Å². The van der Waals surface area contributed by atoms with Crippen molar-refractivity contribution in [2.24, 2.45) is 5.92 Å². The highest BCUT2D eigenvalue weighted by Gasteiger charge is 2.08. The average Bonchev–Trinajstić information content (AvgIpc) is 2.03. The highest BCUT2D eigenvalue weighted by atomic mass is 14.1. The minimum Gasteiger partial charge on any atom is -0.0991 e. The molecule has 0 aromatic carbocycles. The molecule has 1 rings (SSSR count). The molecule has 0 saturated heterocycles. The molecule has 0 heterocycles. The summed E-state index contributed by atoms with van der Waals surface area (Å²) in [4.78, 5) is 0. The Hall–Kier alpha value is -0.520. The van der Waals surface area contributed by atoms with E-state index in [9.17, 15) is 0 Å². The van der Waals surface area contributed by atoms with Crippen LogP contribution >= 0.6 is 0 Å². The van der Waals surface area contributed by atoms with Crippen molar-refractivity contribution < 1.29 is 0 Å². The molecule has 0 N–H and O–H groups in total. The van der Waals surface area contributed by atoms with Crippen LogP contribution in [0, 0.1) is 5.92 Å². The Morgan fingerprint density at radius 3 is 2.40 bits per heavy atom. The molecule has 1 aliphatic carbocycles. The summed E-state index contributed by atoms with van der Waals surface area (Å²) < 4.78 is 0.